The van der Waals surface area contributed by atoms with Gasteiger partial charge in [-0.25, -0.2) is 4.98 Å². The van der Waals surface area contributed by atoms with Crippen LogP contribution in [0.5, 0.6) is 0 Å². The minimum Gasteiger partial charge on any atom is -0.308 e. The second-order valence-electron chi connectivity index (χ2n) is 10.8. The van der Waals surface area contributed by atoms with Gasteiger partial charge in [0.2, 0.25) is 0 Å². The predicted molar refractivity (Wildman–Crippen MR) is 181 cm³/mol. The number of fused-ring (bicyclic) bond motifs is 7. The normalized spacial score (nSPS) is 11.6. The molecule has 0 bridgehead atoms. The van der Waals surface area contributed by atoms with Crippen molar-refractivity contribution in [3.8, 4) is 39.3 Å². The lowest BCUT2D eigenvalue weighted by Gasteiger charge is -2.12. The van der Waals surface area contributed by atoms with E-state index in [1.165, 1.54) is 25.6 Å². The molecule has 6 heteroatoms. The molecule has 0 saturated heterocycles. The molecule has 0 N–H and O–H groups in total. The van der Waals surface area contributed by atoms with Crippen LogP contribution in [0.4, 0.5) is 0 Å². The molecule has 0 aliphatic carbocycles. The predicted octanol–water partition coefficient (Wildman–Crippen LogP) is 9.73. The van der Waals surface area contributed by atoms with Gasteiger partial charge < -0.3 is 4.57 Å². The average molecular weight is 582 g/mol. The number of aromatic nitrogens is 5. The Bertz CT molecular complexity index is 2420. The van der Waals surface area contributed by atoms with E-state index >= 15 is 0 Å². The topological polar surface area (TPSA) is 56.5 Å². The lowest BCUT2D eigenvalue weighted by atomic mass is 10.0. The number of pyridine rings is 4. The standard InChI is InChI=1S/C38H23N5S/c1-2-10-35-29(8-1)30-15-16-33-36(38(30)44-35)37-34(9-5-19-41-37)43(33)28-13-11-24(12-14-28)31-20-27(25-6-3-17-39-22-25)21-32(42-31)26-7-4-18-40-23-26/h1-23H. The fraction of sp³-hybridized carbons (Fsp3) is 0. The number of rotatable bonds is 4. The monoisotopic (exact) mass is 581 g/mol. The summed E-state index contributed by atoms with van der Waals surface area (Å²) in [5.74, 6) is 0. The van der Waals surface area contributed by atoms with E-state index in [1.807, 2.05) is 54.2 Å². The minimum absolute atomic E-state index is 0.874. The first kappa shape index (κ1) is 24.8. The van der Waals surface area contributed by atoms with Gasteiger partial charge in [0.25, 0.3) is 0 Å². The molecule has 206 valence electrons. The van der Waals surface area contributed by atoms with Crippen molar-refractivity contribution >= 4 is 53.4 Å². The summed E-state index contributed by atoms with van der Waals surface area (Å²) in [5, 5.41) is 3.78. The second-order valence-corrected chi connectivity index (χ2v) is 11.8. The van der Waals surface area contributed by atoms with E-state index in [1.54, 1.807) is 12.4 Å². The Hall–Kier alpha value is -5.72. The maximum absolute atomic E-state index is 5.07. The van der Waals surface area contributed by atoms with E-state index < -0.39 is 0 Å². The van der Waals surface area contributed by atoms with Crippen LogP contribution in [0.15, 0.2) is 140 Å². The highest BCUT2D eigenvalue weighted by atomic mass is 32.1. The number of hydrogen-bond acceptors (Lipinski definition) is 5. The van der Waals surface area contributed by atoms with Crippen molar-refractivity contribution in [2.45, 2.75) is 0 Å². The van der Waals surface area contributed by atoms with Crippen LogP contribution in [0.25, 0.3) is 81.4 Å². The van der Waals surface area contributed by atoms with Crippen molar-refractivity contribution in [1.29, 1.82) is 0 Å². The summed E-state index contributed by atoms with van der Waals surface area (Å²) in [5.41, 5.74) is 10.2. The highest BCUT2D eigenvalue weighted by Gasteiger charge is 2.18. The zero-order valence-corrected chi connectivity index (χ0v) is 24.2. The van der Waals surface area contributed by atoms with E-state index in [-0.39, 0.29) is 0 Å². The van der Waals surface area contributed by atoms with Gasteiger partial charge in [-0.15, -0.1) is 11.3 Å². The van der Waals surface area contributed by atoms with Crippen molar-refractivity contribution < 1.29 is 0 Å². The van der Waals surface area contributed by atoms with Gasteiger partial charge in [-0.3, -0.25) is 15.0 Å². The van der Waals surface area contributed by atoms with Crippen molar-refractivity contribution in [2.75, 3.05) is 0 Å². The molecular formula is C38H23N5S. The van der Waals surface area contributed by atoms with Gasteiger partial charge in [-0.1, -0.05) is 42.5 Å². The zero-order chi connectivity index (χ0) is 29.0. The number of benzene rings is 3. The van der Waals surface area contributed by atoms with Gasteiger partial charge in [0, 0.05) is 78.9 Å². The van der Waals surface area contributed by atoms with E-state index in [2.05, 4.69) is 99.5 Å². The quantitative estimate of drug-likeness (QED) is 0.208. The molecule has 9 aromatic rings. The van der Waals surface area contributed by atoms with Crippen molar-refractivity contribution in [1.82, 2.24) is 24.5 Å². The maximum atomic E-state index is 5.07. The molecule has 0 radical (unpaired) electrons. The smallest absolute Gasteiger partial charge is 0.0977 e. The lowest BCUT2D eigenvalue weighted by Crippen LogP contribution is -1.95. The first-order valence-electron chi connectivity index (χ1n) is 14.4. The molecule has 44 heavy (non-hydrogen) atoms. The van der Waals surface area contributed by atoms with Crippen LogP contribution >= 0.6 is 11.3 Å². The van der Waals surface area contributed by atoms with Crippen LogP contribution in [0.3, 0.4) is 0 Å². The Morgan fingerprint density at radius 3 is 2.09 bits per heavy atom. The lowest BCUT2D eigenvalue weighted by molar-refractivity contribution is 1.17. The molecule has 0 saturated carbocycles. The second kappa shape index (κ2) is 9.93. The molecule has 0 atom stereocenters. The van der Waals surface area contributed by atoms with Gasteiger partial charge in [0.05, 0.1) is 27.9 Å². The van der Waals surface area contributed by atoms with Crippen LogP contribution < -0.4 is 0 Å². The molecule has 0 aliphatic heterocycles. The van der Waals surface area contributed by atoms with Crippen LogP contribution in [-0.2, 0) is 0 Å². The van der Waals surface area contributed by atoms with Gasteiger partial charge in [-0.05, 0) is 72.3 Å². The minimum atomic E-state index is 0.874. The number of hydrogen-bond donors (Lipinski definition) is 0. The summed E-state index contributed by atoms with van der Waals surface area (Å²) >= 11 is 1.84. The SMILES string of the molecule is c1cncc(-c2cc(-c3ccc(-n4c5cccnc5c5c6sc7ccccc7c6ccc54)cc3)nc(-c3cccnc3)c2)c1. The van der Waals surface area contributed by atoms with E-state index in [0.29, 0.717) is 0 Å². The van der Waals surface area contributed by atoms with E-state index in [9.17, 15) is 0 Å². The van der Waals surface area contributed by atoms with Gasteiger partial charge >= 0.3 is 0 Å². The summed E-state index contributed by atoms with van der Waals surface area (Å²) in [6.45, 7) is 0. The van der Waals surface area contributed by atoms with E-state index in [4.69, 9.17) is 9.97 Å². The summed E-state index contributed by atoms with van der Waals surface area (Å²) in [6.07, 6.45) is 9.21. The van der Waals surface area contributed by atoms with E-state index in [0.717, 1.165) is 55.9 Å². The van der Waals surface area contributed by atoms with Crippen LogP contribution in [0.2, 0.25) is 0 Å². The molecule has 6 heterocycles. The molecule has 0 amide bonds. The third-order valence-corrected chi connectivity index (χ3v) is 9.43. The average Bonchev–Trinajstić information content (AvgIpc) is 3.65. The summed E-state index contributed by atoms with van der Waals surface area (Å²) in [7, 11) is 0. The largest absolute Gasteiger partial charge is 0.308 e. The molecule has 0 spiro atoms. The maximum Gasteiger partial charge on any atom is 0.0977 e. The molecule has 0 unspecified atom stereocenters. The Morgan fingerprint density at radius 2 is 1.30 bits per heavy atom. The molecule has 3 aromatic carbocycles. The van der Waals surface area contributed by atoms with Gasteiger partial charge in [-0.2, -0.15) is 0 Å². The molecule has 9 rings (SSSR count). The third kappa shape index (κ3) is 3.92. The zero-order valence-electron chi connectivity index (χ0n) is 23.4. The molecular weight excluding hydrogens is 559 g/mol. The highest BCUT2D eigenvalue weighted by molar-refractivity contribution is 7.26. The summed E-state index contributed by atoms with van der Waals surface area (Å²) < 4.78 is 4.90. The first-order chi connectivity index (χ1) is 21.8. The van der Waals surface area contributed by atoms with Gasteiger partial charge in [0.1, 0.15) is 0 Å². The first-order valence-corrected chi connectivity index (χ1v) is 15.3. The van der Waals surface area contributed by atoms with Crippen molar-refractivity contribution in [3.63, 3.8) is 0 Å². The Labute approximate surface area is 256 Å². The molecule has 6 aromatic heterocycles. The third-order valence-electron chi connectivity index (χ3n) is 8.23. The number of nitrogens with zero attached hydrogens (tertiary/aromatic N) is 5. The van der Waals surface area contributed by atoms with Crippen molar-refractivity contribution in [3.05, 3.63) is 140 Å². The summed E-state index contributed by atoms with van der Waals surface area (Å²) in [4.78, 5) is 18.6. The number of thiophene rings is 1. The molecule has 5 nitrogen and oxygen atoms in total. The Morgan fingerprint density at radius 1 is 0.545 bits per heavy atom. The van der Waals surface area contributed by atoms with Crippen LogP contribution in [0, 0.1) is 0 Å². The highest BCUT2D eigenvalue weighted by Crippen LogP contribution is 2.42. The molecule has 0 aliphatic rings. The van der Waals surface area contributed by atoms with Crippen molar-refractivity contribution in [2.24, 2.45) is 0 Å². The molecule has 0 fully saturated rings. The summed E-state index contributed by atoms with van der Waals surface area (Å²) in [6, 6.07) is 38.2. The fourth-order valence-corrected chi connectivity index (χ4v) is 7.44. The van der Waals surface area contributed by atoms with Gasteiger partial charge in [0.15, 0.2) is 0 Å². The van der Waals surface area contributed by atoms with Crippen LogP contribution in [-0.4, -0.2) is 24.5 Å². The fourth-order valence-electron chi connectivity index (χ4n) is 6.19. The Kier molecular flexibility index (Phi) is 5.61. The Balaban J connectivity index is 1.21. The van der Waals surface area contributed by atoms with Crippen LogP contribution in [0.1, 0.15) is 0 Å².